The topological polar surface area (TPSA) is 57.2 Å². The summed E-state index contributed by atoms with van der Waals surface area (Å²) in [6, 6.07) is 10.1. The molecule has 2 heterocycles. The molecule has 2 aliphatic rings. The van der Waals surface area contributed by atoms with Crippen LogP contribution in [0.5, 0.6) is 0 Å². The van der Waals surface area contributed by atoms with E-state index in [1.54, 1.807) is 7.11 Å². The van der Waals surface area contributed by atoms with Crippen LogP contribution in [0.4, 0.5) is 0 Å². The third-order valence-electron chi connectivity index (χ3n) is 4.78. The normalized spacial score (nSPS) is 31.5. The highest BCUT2D eigenvalue weighted by molar-refractivity contribution is 5.65. The molecular weight excluding hydrogens is 322 g/mol. The predicted molar refractivity (Wildman–Crippen MR) is 91.9 cm³/mol. The van der Waals surface area contributed by atoms with Crippen molar-refractivity contribution >= 4 is 5.97 Å². The monoisotopic (exact) mass is 349 g/mol. The van der Waals surface area contributed by atoms with Gasteiger partial charge < -0.3 is 18.9 Å². The number of benzene rings is 1. The van der Waals surface area contributed by atoms with Crippen LogP contribution in [0.1, 0.15) is 26.3 Å². The fourth-order valence-corrected chi connectivity index (χ4v) is 3.69. The van der Waals surface area contributed by atoms with E-state index in [-0.39, 0.29) is 36.9 Å². The SMILES string of the molecule is CO[C@H]1CN(Cc2ccccc2)C(COC(C)=O)[C@@H]2OC(C)(C)O[C@H]12. The maximum atomic E-state index is 11.4. The molecule has 6 heteroatoms. The number of esters is 1. The van der Waals surface area contributed by atoms with Gasteiger partial charge in [-0.3, -0.25) is 9.69 Å². The van der Waals surface area contributed by atoms with Crippen molar-refractivity contribution in [1.82, 2.24) is 4.90 Å². The van der Waals surface area contributed by atoms with E-state index in [0.717, 1.165) is 6.54 Å². The van der Waals surface area contributed by atoms with E-state index in [1.165, 1.54) is 12.5 Å². The van der Waals surface area contributed by atoms with Crippen LogP contribution in [0.25, 0.3) is 0 Å². The predicted octanol–water partition coefficient (Wildman–Crippen LogP) is 1.97. The molecule has 0 amide bonds. The highest BCUT2D eigenvalue weighted by Gasteiger charge is 2.54. The lowest BCUT2D eigenvalue weighted by Crippen LogP contribution is -2.61. The molecule has 0 N–H and O–H groups in total. The number of ether oxygens (including phenoxy) is 4. The van der Waals surface area contributed by atoms with Crippen molar-refractivity contribution in [3.8, 4) is 0 Å². The number of carbonyl (C=O) groups is 1. The van der Waals surface area contributed by atoms with Gasteiger partial charge in [-0.2, -0.15) is 0 Å². The zero-order valence-corrected chi connectivity index (χ0v) is 15.3. The molecule has 6 nitrogen and oxygen atoms in total. The Hall–Kier alpha value is -1.47. The summed E-state index contributed by atoms with van der Waals surface area (Å²) in [6.45, 7) is 6.94. The number of hydrogen-bond donors (Lipinski definition) is 0. The maximum Gasteiger partial charge on any atom is 0.302 e. The van der Waals surface area contributed by atoms with Crippen molar-refractivity contribution in [2.75, 3.05) is 20.3 Å². The number of likely N-dealkylation sites (tertiary alicyclic amines) is 1. The average molecular weight is 349 g/mol. The van der Waals surface area contributed by atoms with E-state index in [9.17, 15) is 4.79 Å². The fraction of sp³-hybridized carbons (Fsp3) is 0.632. The molecule has 3 rings (SSSR count). The minimum Gasteiger partial charge on any atom is -0.464 e. The van der Waals surface area contributed by atoms with Gasteiger partial charge in [0.2, 0.25) is 0 Å². The van der Waals surface area contributed by atoms with E-state index in [4.69, 9.17) is 18.9 Å². The number of methoxy groups -OCH3 is 1. The summed E-state index contributed by atoms with van der Waals surface area (Å²) in [7, 11) is 1.70. The molecule has 0 bridgehead atoms. The smallest absolute Gasteiger partial charge is 0.302 e. The van der Waals surface area contributed by atoms with Gasteiger partial charge in [-0.15, -0.1) is 0 Å². The molecule has 1 aromatic rings. The average Bonchev–Trinajstić information content (AvgIpc) is 2.89. The minimum atomic E-state index is -0.677. The Morgan fingerprint density at radius 2 is 1.92 bits per heavy atom. The molecule has 0 radical (unpaired) electrons. The van der Waals surface area contributed by atoms with Gasteiger partial charge in [-0.05, 0) is 19.4 Å². The van der Waals surface area contributed by atoms with Gasteiger partial charge in [-0.1, -0.05) is 30.3 Å². The van der Waals surface area contributed by atoms with Crippen LogP contribution in [0, 0.1) is 0 Å². The highest BCUT2D eigenvalue weighted by atomic mass is 16.8. The first-order chi connectivity index (χ1) is 11.9. The number of fused-ring (bicyclic) bond motifs is 1. The number of carbonyl (C=O) groups excluding carboxylic acids is 1. The lowest BCUT2D eigenvalue weighted by atomic mass is 9.93. The Kier molecular flexibility index (Phi) is 5.43. The Morgan fingerprint density at radius 3 is 2.56 bits per heavy atom. The lowest BCUT2D eigenvalue weighted by Gasteiger charge is -2.44. The lowest BCUT2D eigenvalue weighted by molar-refractivity contribution is -0.156. The van der Waals surface area contributed by atoms with Crippen LogP contribution in [0.2, 0.25) is 0 Å². The van der Waals surface area contributed by atoms with Gasteiger partial charge in [0.25, 0.3) is 0 Å². The van der Waals surface area contributed by atoms with Gasteiger partial charge in [0.1, 0.15) is 18.8 Å². The molecule has 2 aliphatic heterocycles. The molecule has 1 unspecified atom stereocenters. The fourth-order valence-electron chi connectivity index (χ4n) is 3.69. The largest absolute Gasteiger partial charge is 0.464 e. The van der Waals surface area contributed by atoms with Gasteiger partial charge in [0, 0.05) is 27.1 Å². The van der Waals surface area contributed by atoms with Crippen LogP contribution < -0.4 is 0 Å². The summed E-state index contributed by atoms with van der Waals surface area (Å²) in [5.41, 5.74) is 1.20. The Balaban J connectivity index is 1.84. The summed E-state index contributed by atoms with van der Waals surface area (Å²) in [5, 5.41) is 0. The summed E-state index contributed by atoms with van der Waals surface area (Å²) in [5.74, 6) is -0.966. The van der Waals surface area contributed by atoms with E-state index in [2.05, 4.69) is 17.0 Å². The Morgan fingerprint density at radius 1 is 1.24 bits per heavy atom. The van der Waals surface area contributed by atoms with Crippen LogP contribution in [0.3, 0.4) is 0 Å². The molecular formula is C19H27NO5. The van der Waals surface area contributed by atoms with Crippen LogP contribution >= 0.6 is 0 Å². The number of rotatable bonds is 5. The Labute approximate surface area is 149 Å². The standard InChI is InChI=1S/C19H27NO5/c1-13(21)23-12-15-17-18(25-19(2,3)24-17)16(22-4)11-20(15)10-14-8-6-5-7-9-14/h5-9,15-18H,10-12H2,1-4H3/t15?,16-,17-,18+/m0/s1. The molecule has 0 saturated carbocycles. The van der Waals surface area contributed by atoms with Crippen molar-refractivity contribution in [3.05, 3.63) is 35.9 Å². The first-order valence-electron chi connectivity index (χ1n) is 8.69. The van der Waals surface area contributed by atoms with Crippen molar-refractivity contribution < 1.29 is 23.7 Å². The van der Waals surface area contributed by atoms with Gasteiger partial charge >= 0.3 is 5.97 Å². The van der Waals surface area contributed by atoms with E-state index in [1.807, 2.05) is 32.0 Å². The van der Waals surface area contributed by atoms with Gasteiger partial charge in [0.05, 0.1) is 12.1 Å². The van der Waals surface area contributed by atoms with Crippen LogP contribution in [0.15, 0.2) is 30.3 Å². The second-order valence-corrected chi connectivity index (χ2v) is 7.12. The summed E-state index contributed by atoms with van der Waals surface area (Å²) in [6.07, 6.45) is -0.478. The summed E-state index contributed by atoms with van der Waals surface area (Å²) < 4.78 is 23.3. The molecule has 138 valence electrons. The minimum absolute atomic E-state index is 0.0812. The number of nitrogens with zero attached hydrogens (tertiary/aromatic N) is 1. The summed E-state index contributed by atoms with van der Waals surface area (Å²) >= 11 is 0. The number of hydrogen-bond acceptors (Lipinski definition) is 6. The molecule has 1 aromatic carbocycles. The Bertz CT molecular complexity index is 591. The first kappa shape index (κ1) is 18.3. The van der Waals surface area contributed by atoms with E-state index >= 15 is 0 Å². The molecule has 25 heavy (non-hydrogen) atoms. The van der Waals surface area contributed by atoms with E-state index in [0.29, 0.717) is 6.54 Å². The summed E-state index contributed by atoms with van der Waals surface area (Å²) in [4.78, 5) is 13.6. The maximum absolute atomic E-state index is 11.4. The molecule has 4 atom stereocenters. The van der Waals surface area contributed by atoms with Crippen molar-refractivity contribution in [2.45, 2.75) is 57.5 Å². The number of piperidine rings is 1. The van der Waals surface area contributed by atoms with Gasteiger partial charge in [-0.25, -0.2) is 0 Å². The zero-order valence-electron chi connectivity index (χ0n) is 15.3. The second kappa shape index (κ2) is 7.41. The zero-order chi connectivity index (χ0) is 18.0. The molecule has 2 fully saturated rings. The van der Waals surface area contributed by atoms with Crippen molar-refractivity contribution in [3.63, 3.8) is 0 Å². The van der Waals surface area contributed by atoms with E-state index < -0.39 is 5.79 Å². The van der Waals surface area contributed by atoms with Crippen molar-refractivity contribution in [2.24, 2.45) is 0 Å². The highest BCUT2D eigenvalue weighted by Crippen LogP contribution is 2.38. The third kappa shape index (κ3) is 4.20. The second-order valence-electron chi connectivity index (χ2n) is 7.12. The van der Waals surface area contributed by atoms with Crippen molar-refractivity contribution in [1.29, 1.82) is 0 Å². The van der Waals surface area contributed by atoms with Gasteiger partial charge in [0.15, 0.2) is 5.79 Å². The molecule has 0 spiro atoms. The molecule has 2 saturated heterocycles. The molecule has 0 aromatic heterocycles. The van der Waals surface area contributed by atoms with Crippen LogP contribution in [-0.4, -0.2) is 61.3 Å². The third-order valence-corrected chi connectivity index (χ3v) is 4.78. The molecule has 0 aliphatic carbocycles. The van der Waals surface area contributed by atoms with Crippen LogP contribution in [-0.2, 0) is 30.3 Å². The quantitative estimate of drug-likeness (QED) is 0.758. The first-order valence-corrected chi connectivity index (χ1v) is 8.69.